The molecule has 0 fully saturated rings. The number of ether oxygens (including phenoxy) is 1. The average Bonchev–Trinajstić information content (AvgIpc) is 2.62. The van der Waals surface area contributed by atoms with Gasteiger partial charge in [0.1, 0.15) is 0 Å². The van der Waals surface area contributed by atoms with Gasteiger partial charge in [-0.05, 0) is 19.1 Å². The maximum Gasteiger partial charge on any atom is 0.315 e. The number of hydrogen-bond donors (Lipinski definition) is 1. The highest BCUT2D eigenvalue weighted by Crippen LogP contribution is 2.19. The van der Waals surface area contributed by atoms with Crippen LogP contribution < -0.4 is 5.32 Å². The molecular weight excluding hydrogens is 338 g/mol. The summed E-state index contributed by atoms with van der Waals surface area (Å²) in [6, 6.07) is 15.8. The van der Waals surface area contributed by atoms with Crippen LogP contribution in [-0.2, 0) is 14.3 Å². The van der Waals surface area contributed by atoms with Crippen molar-refractivity contribution in [1.29, 1.82) is 0 Å². The van der Waals surface area contributed by atoms with E-state index in [1.807, 2.05) is 6.07 Å². The van der Waals surface area contributed by atoms with Crippen molar-refractivity contribution in [1.82, 2.24) is 0 Å². The van der Waals surface area contributed by atoms with Crippen LogP contribution in [0.2, 0.25) is 0 Å². The first kappa shape index (κ1) is 18.7. The third kappa shape index (κ3) is 5.76. The summed E-state index contributed by atoms with van der Waals surface area (Å²) in [6.07, 6.45) is 0. The molecule has 1 N–H and O–H groups in total. The fourth-order valence-electron chi connectivity index (χ4n) is 2.15. The largest absolute Gasteiger partial charge is 0.465 e. The van der Waals surface area contributed by atoms with Crippen molar-refractivity contribution in [2.24, 2.45) is 0 Å². The first-order chi connectivity index (χ1) is 12.1. The molecule has 0 unspecified atom stereocenters. The zero-order valence-electron chi connectivity index (χ0n) is 13.9. The number of nitrogens with one attached hydrogen (secondary N) is 1. The summed E-state index contributed by atoms with van der Waals surface area (Å²) < 4.78 is 4.81. The number of esters is 1. The van der Waals surface area contributed by atoms with Gasteiger partial charge in [0.2, 0.25) is 5.91 Å². The summed E-state index contributed by atoms with van der Waals surface area (Å²) in [5.74, 6) is -0.559. The molecule has 2 rings (SSSR count). The van der Waals surface area contributed by atoms with E-state index in [-0.39, 0.29) is 29.2 Å². The number of thioether (sulfide) groups is 1. The molecule has 0 aromatic heterocycles. The second-order valence-electron chi connectivity index (χ2n) is 5.09. The average molecular weight is 357 g/mol. The van der Waals surface area contributed by atoms with E-state index in [0.717, 1.165) is 0 Å². The van der Waals surface area contributed by atoms with Crippen LogP contribution in [0.3, 0.4) is 0 Å². The highest BCUT2D eigenvalue weighted by Gasteiger charge is 2.15. The lowest BCUT2D eigenvalue weighted by molar-refractivity contribution is -0.139. The third-order valence-corrected chi connectivity index (χ3v) is 4.15. The minimum atomic E-state index is -0.347. The lowest BCUT2D eigenvalue weighted by Gasteiger charge is -2.10. The molecule has 2 aromatic rings. The monoisotopic (exact) mass is 357 g/mol. The van der Waals surface area contributed by atoms with Crippen LogP contribution in [-0.4, -0.2) is 35.8 Å². The molecule has 130 valence electrons. The fraction of sp³-hybridized carbons (Fsp3) is 0.211. The van der Waals surface area contributed by atoms with Crippen molar-refractivity contribution in [2.45, 2.75) is 6.92 Å². The lowest BCUT2D eigenvalue weighted by atomic mass is 10.0. The second-order valence-corrected chi connectivity index (χ2v) is 6.07. The van der Waals surface area contributed by atoms with E-state index in [1.165, 1.54) is 11.8 Å². The topological polar surface area (TPSA) is 72.5 Å². The van der Waals surface area contributed by atoms with Crippen LogP contribution >= 0.6 is 11.8 Å². The summed E-state index contributed by atoms with van der Waals surface area (Å²) >= 11 is 1.17. The molecule has 0 heterocycles. The van der Waals surface area contributed by atoms with Crippen LogP contribution in [0.1, 0.15) is 22.8 Å². The van der Waals surface area contributed by atoms with Gasteiger partial charge in [0.25, 0.3) is 0 Å². The number of benzene rings is 2. The van der Waals surface area contributed by atoms with Crippen molar-refractivity contribution in [2.75, 3.05) is 23.4 Å². The normalized spacial score (nSPS) is 10.1. The van der Waals surface area contributed by atoms with Crippen LogP contribution in [0.15, 0.2) is 54.6 Å². The summed E-state index contributed by atoms with van der Waals surface area (Å²) in [5, 5.41) is 2.73. The van der Waals surface area contributed by atoms with Gasteiger partial charge in [0, 0.05) is 11.1 Å². The van der Waals surface area contributed by atoms with Crippen molar-refractivity contribution in [3.8, 4) is 0 Å². The molecule has 0 bridgehead atoms. The second kappa shape index (κ2) is 9.64. The van der Waals surface area contributed by atoms with E-state index in [9.17, 15) is 14.4 Å². The quantitative estimate of drug-likeness (QED) is 0.580. The first-order valence-corrected chi connectivity index (χ1v) is 8.99. The summed E-state index contributed by atoms with van der Waals surface area (Å²) in [7, 11) is 0. The SMILES string of the molecule is CCOC(=O)CSCC(=O)Nc1ccccc1C(=O)c1ccccc1. The minimum absolute atomic E-state index is 0.104. The number of ketones is 1. The predicted octanol–water partition coefficient (Wildman–Crippen LogP) is 3.15. The zero-order chi connectivity index (χ0) is 18.1. The van der Waals surface area contributed by atoms with Gasteiger partial charge in [-0.1, -0.05) is 42.5 Å². The lowest BCUT2D eigenvalue weighted by Crippen LogP contribution is -2.18. The van der Waals surface area contributed by atoms with Gasteiger partial charge in [0.05, 0.1) is 23.8 Å². The van der Waals surface area contributed by atoms with Crippen LogP contribution in [0.5, 0.6) is 0 Å². The van der Waals surface area contributed by atoms with E-state index < -0.39 is 0 Å². The highest BCUT2D eigenvalue weighted by atomic mass is 32.2. The Morgan fingerprint density at radius 2 is 1.64 bits per heavy atom. The molecule has 0 aliphatic rings. The molecule has 6 heteroatoms. The van der Waals surface area contributed by atoms with Crippen molar-refractivity contribution in [3.63, 3.8) is 0 Å². The van der Waals surface area contributed by atoms with Crippen LogP contribution in [0.4, 0.5) is 5.69 Å². The zero-order valence-corrected chi connectivity index (χ0v) is 14.7. The Bertz CT molecular complexity index is 746. The van der Waals surface area contributed by atoms with Gasteiger partial charge in [-0.25, -0.2) is 0 Å². The summed E-state index contributed by atoms with van der Waals surface area (Å²) in [4.78, 5) is 35.9. The van der Waals surface area contributed by atoms with Gasteiger partial charge in [-0.2, -0.15) is 0 Å². The number of rotatable bonds is 8. The number of para-hydroxylation sites is 1. The van der Waals surface area contributed by atoms with Gasteiger partial charge in [-0.15, -0.1) is 11.8 Å². The van der Waals surface area contributed by atoms with Gasteiger partial charge in [0.15, 0.2) is 5.78 Å². The standard InChI is InChI=1S/C19H19NO4S/c1-2-24-18(22)13-25-12-17(21)20-16-11-7-6-10-15(16)19(23)14-8-4-3-5-9-14/h3-11H,2,12-13H2,1H3,(H,20,21). The number of anilines is 1. The summed E-state index contributed by atoms with van der Waals surface area (Å²) in [5.41, 5.74) is 1.44. The number of carbonyl (C=O) groups is 3. The van der Waals surface area contributed by atoms with Crippen molar-refractivity contribution < 1.29 is 19.1 Å². The van der Waals surface area contributed by atoms with Gasteiger partial charge < -0.3 is 10.1 Å². The van der Waals surface area contributed by atoms with Crippen LogP contribution in [0, 0.1) is 0 Å². The van der Waals surface area contributed by atoms with Gasteiger partial charge >= 0.3 is 5.97 Å². The van der Waals surface area contributed by atoms with Crippen molar-refractivity contribution in [3.05, 3.63) is 65.7 Å². The van der Waals surface area contributed by atoms with E-state index in [4.69, 9.17) is 4.74 Å². The molecular formula is C19H19NO4S. The minimum Gasteiger partial charge on any atom is -0.465 e. The molecule has 5 nitrogen and oxygen atoms in total. The van der Waals surface area contributed by atoms with Gasteiger partial charge in [-0.3, -0.25) is 14.4 Å². The van der Waals surface area contributed by atoms with Crippen molar-refractivity contribution >= 4 is 35.1 Å². The Hall–Kier alpha value is -2.60. The van der Waals surface area contributed by atoms with E-state index >= 15 is 0 Å². The highest BCUT2D eigenvalue weighted by molar-refractivity contribution is 8.00. The molecule has 2 aromatic carbocycles. The molecule has 0 saturated heterocycles. The molecule has 25 heavy (non-hydrogen) atoms. The molecule has 0 saturated carbocycles. The molecule has 0 aliphatic heterocycles. The van der Waals surface area contributed by atoms with E-state index in [1.54, 1.807) is 55.5 Å². The summed E-state index contributed by atoms with van der Waals surface area (Å²) in [6.45, 7) is 2.05. The number of carbonyl (C=O) groups excluding carboxylic acids is 3. The van der Waals surface area contributed by atoms with E-state index in [0.29, 0.717) is 23.4 Å². The van der Waals surface area contributed by atoms with E-state index in [2.05, 4.69) is 5.32 Å². The smallest absolute Gasteiger partial charge is 0.315 e. The maximum atomic E-state index is 12.6. The maximum absolute atomic E-state index is 12.6. The Labute approximate surface area is 150 Å². The third-order valence-electron chi connectivity index (χ3n) is 3.24. The molecule has 0 atom stereocenters. The first-order valence-electron chi connectivity index (χ1n) is 7.83. The van der Waals surface area contributed by atoms with Crippen LogP contribution in [0.25, 0.3) is 0 Å². The number of hydrogen-bond acceptors (Lipinski definition) is 5. The Balaban J connectivity index is 2.00. The molecule has 0 spiro atoms. The molecule has 0 aliphatic carbocycles. The molecule has 0 radical (unpaired) electrons. The fourth-order valence-corrected chi connectivity index (χ4v) is 2.76. The Morgan fingerprint density at radius 1 is 0.960 bits per heavy atom. The Kier molecular flexibility index (Phi) is 7.22. The number of amides is 1. The molecule has 1 amide bonds. The predicted molar refractivity (Wildman–Crippen MR) is 98.9 cm³/mol. The Morgan fingerprint density at radius 3 is 2.36 bits per heavy atom.